The maximum Gasteiger partial charge on any atom is 0.308 e. The number of H-pyrrole nitrogens is 1. The molecule has 2 aromatic carbocycles. The van der Waals surface area contributed by atoms with Crippen LogP contribution in [0.1, 0.15) is 69.3 Å². The first-order chi connectivity index (χ1) is 18.4. The van der Waals surface area contributed by atoms with Crippen molar-refractivity contribution in [1.82, 2.24) is 14.9 Å². The Balaban J connectivity index is 1.12. The lowest BCUT2D eigenvalue weighted by Crippen LogP contribution is -2.59. The molecule has 1 N–H and O–H groups in total. The molecule has 3 fully saturated rings. The van der Waals surface area contributed by atoms with Gasteiger partial charge in [0.1, 0.15) is 11.4 Å². The number of rotatable bonds is 9. The Kier molecular flexibility index (Phi) is 6.81. The molecule has 3 aromatic rings. The first-order valence-electron chi connectivity index (χ1n) is 14.5. The molecule has 0 unspecified atom stereocenters. The van der Waals surface area contributed by atoms with E-state index in [0.717, 1.165) is 74.9 Å². The number of imidazole rings is 1. The van der Waals surface area contributed by atoms with Crippen molar-refractivity contribution < 1.29 is 14.3 Å². The lowest BCUT2D eigenvalue weighted by molar-refractivity contribution is -0.229. The average Bonchev–Trinajstić information content (AvgIpc) is 3.50. The van der Waals surface area contributed by atoms with Gasteiger partial charge in [0, 0.05) is 25.3 Å². The molecule has 2 heterocycles. The number of carbonyl (C=O) groups is 1. The fourth-order valence-corrected chi connectivity index (χ4v) is 7.35. The summed E-state index contributed by atoms with van der Waals surface area (Å²) >= 11 is 0. The standard InChI is InChI=1S/C32H41N3O3/c1-22(2)30(36)38-31(16-18-35(3)17-8-13-29-33-27-11-6-7-12-28(27)34-29)19-25-15-14-24(31)20-32(25)26-10-5-4-9-23(26)21-37-32/h4-7,9-12,22,24-25H,8,13-21H2,1-3H3,(H,33,34)/t24-,25-,31+,32+/m0/s1. The molecule has 1 spiro atoms. The van der Waals surface area contributed by atoms with Crippen LogP contribution in [0.15, 0.2) is 48.5 Å². The fourth-order valence-electron chi connectivity index (χ4n) is 7.35. The third-order valence-electron chi connectivity index (χ3n) is 9.45. The predicted molar refractivity (Wildman–Crippen MR) is 149 cm³/mol. The summed E-state index contributed by atoms with van der Waals surface area (Å²) in [4.78, 5) is 23.5. The van der Waals surface area contributed by atoms with Crippen molar-refractivity contribution in [2.45, 2.75) is 76.6 Å². The molecule has 6 heteroatoms. The second-order valence-corrected chi connectivity index (χ2v) is 12.2. The highest BCUT2D eigenvalue weighted by Crippen LogP contribution is 2.62. The Morgan fingerprint density at radius 3 is 2.68 bits per heavy atom. The monoisotopic (exact) mass is 515 g/mol. The number of nitrogens with one attached hydrogen (secondary N) is 1. The minimum Gasteiger partial charge on any atom is -0.459 e. The summed E-state index contributed by atoms with van der Waals surface area (Å²) in [5.74, 6) is 1.58. The molecule has 3 aliphatic carbocycles. The smallest absolute Gasteiger partial charge is 0.308 e. The Labute approximate surface area is 226 Å². The van der Waals surface area contributed by atoms with Crippen molar-refractivity contribution in [3.63, 3.8) is 0 Å². The van der Waals surface area contributed by atoms with Gasteiger partial charge in [0.15, 0.2) is 0 Å². The third-order valence-corrected chi connectivity index (χ3v) is 9.45. The molecule has 4 atom stereocenters. The molecule has 202 valence electrons. The number of carbonyl (C=O) groups excluding carboxylic acids is 1. The summed E-state index contributed by atoms with van der Waals surface area (Å²) in [7, 11) is 2.19. The van der Waals surface area contributed by atoms with Gasteiger partial charge in [-0.25, -0.2) is 4.98 Å². The Morgan fingerprint density at radius 2 is 1.89 bits per heavy atom. The van der Waals surface area contributed by atoms with Crippen molar-refractivity contribution in [1.29, 1.82) is 0 Å². The Morgan fingerprint density at radius 1 is 1.11 bits per heavy atom. The SMILES string of the molecule is CC(C)C(=O)O[C@]1(CCN(C)CCCc2nc3ccccc3[nH]2)C[C@@H]2CC[C@H]1C[C@@]21OCc2ccccc21. The van der Waals surface area contributed by atoms with Gasteiger partial charge < -0.3 is 19.4 Å². The lowest BCUT2D eigenvalue weighted by Gasteiger charge is -2.58. The number of benzene rings is 2. The van der Waals surface area contributed by atoms with Gasteiger partial charge in [-0.15, -0.1) is 0 Å². The highest BCUT2D eigenvalue weighted by atomic mass is 16.6. The molecule has 0 radical (unpaired) electrons. The Hall–Kier alpha value is -2.70. The third kappa shape index (κ3) is 4.56. The van der Waals surface area contributed by atoms with E-state index in [9.17, 15) is 4.79 Å². The second kappa shape index (κ2) is 10.1. The second-order valence-electron chi connectivity index (χ2n) is 12.2. The first kappa shape index (κ1) is 25.6. The van der Waals surface area contributed by atoms with Gasteiger partial charge in [-0.05, 0) is 74.9 Å². The van der Waals surface area contributed by atoms with Gasteiger partial charge in [-0.1, -0.05) is 50.2 Å². The van der Waals surface area contributed by atoms with Crippen LogP contribution in [0.4, 0.5) is 0 Å². The van der Waals surface area contributed by atoms with Crippen LogP contribution in [0.5, 0.6) is 0 Å². The maximum absolute atomic E-state index is 13.0. The van der Waals surface area contributed by atoms with Gasteiger partial charge in [-0.3, -0.25) is 4.79 Å². The van der Waals surface area contributed by atoms with Crippen LogP contribution in [0.3, 0.4) is 0 Å². The van der Waals surface area contributed by atoms with E-state index in [1.54, 1.807) is 0 Å². The zero-order valence-corrected chi connectivity index (χ0v) is 23.0. The maximum atomic E-state index is 13.0. The number of esters is 1. The minimum absolute atomic E-state index is 0.0631. The zero-order valence-electron chi connectivity index (χ0n) is 23.0. The number of hydrogen-bond donors (Lipinski definition) is 1. The summed E-state index contributed by atoms with van der Waals surface area (Å²) in [5.41, 5.74) is 4.23. The van der Waals surface area contributed by atoms with Crippen LogP contribution < -0.4 is 0 Å². The van der Waals surface area contributed by atoms with Gasteiger partial charge in [-0.2, -0.15) is 0 Å². The van der Waals surface area contributed by atoms with E-state index >= 15 is 0 Å². The molecular weight excluding hydrogens is 474 g/mol. The topological polar surface area (TPSA) is 67.5 Å². The van der Waals surface area contributed by atoms with E-state index in [4.69, 9.17) is 14.5 Å². The number of aromatic amines is 1. The van der Waals surface area contributed by atoms with Crippen molar-refractivity contribution in [2.24, 2.45) is 17.8 Å². The van der Waals surface area contributed by atoms with E-state index in [2.05, 4.69) is 53.3 Å². The molecule has 3 saturated carbocycles. The first-order valence-corrected chi connectivity index (χ1v) is 14.5. The molecule has 7 rings (SSSR count). The number of aryl methyl sites for hydroxylation is 1. The molecule has 0 amide bonds. The number of para-hydroxylation sites is 2. The summed E-state index contributed by atoms with van der Waals surface area (Å²) in [5, 5.41) is 0. The van der Waals surface area contributed by atoms with Crippen LogP contribution in [0.2, 0.25) is 0 Å². The van der Waals surface area contributed by atoms with Crippen LogP contribution >= 0.6 is 0 Å². The Bertz CT molecular complexity index is 1270. The molecule has 38 heavy (non-hydrogen) atoms. The highest BCUT2D eigenvalue weighted by Gasteiger charge is 2.62. The van der Waals surface area contributed by atoms with Gasteiger partial charge in [0.2, 0.25) is 0 Å². The van der Waals surface area contributed by atoms with Crippen molar-refractivity contribution in [2.75, 3.05) is 20.1 Å². The average molecular weight is 516 g/mol. The highest BCUT2D eigenvalue weighted by molar-refractivity contribution is 5.74. The minimum atomic E-state index is -0.399. The van der Waals surface area contributed by atoms with Crippen LogP contribution in [0.25, 0.3) is 11.0 Å². The van der Waals surface area contributed by atoms with Crippen LogP contribution in [0, 0.1) is 17.8 Å². The van der Waals surface area contributed by atoms with Crippen molar-refractivity contribution >= 4 is 17.0 Å². The van der Waals surface area contributed by atoms with Crippen molar-refractivity contribution in [3.8, 4) is 0 Å². The van der Waals surface area contributed by atoms with Crippen LogP contribution in [-0.2, 0) is 32.9 Å². The number of fused-ring (bicyclic) bond motifs is 4. The quantitative estimate of drug-likeness (QED) is 0.354. The summed E-state index contributed by atoms with van der Waals surface area (Å²) in [6, 6.07) is 16.9. The largest absolute Gasteiger partial charge is 0.459 e. The van der Waals surface area contributed by atoms with E-state index < -0.39 is 5.60 Å². The molecule has 0 saturated heterocycles. The van der Waals surface area contributed by atoms with Gasteiger partial charge in [0.05, 0.1) is 29.2 Å². The molecule has 4 aliphatic rings. The fraction of sp³-hybridized carbons (Fsp3) is 0.562. The predicted octanol–water partition coefficient (Wildman–Crippen LogP) is 6.00. The van der Waals surface area contributed by atoms with E-state index in [-0.39, 0.29) is 17.5 Å². The van der Waals surface area contributed by atoms with Crippen LogP contribution in [-0.4, -0.2) is 46.6 Å². The van der Waals surface area contributed by atoms with Gasteiger partial charge in [0.25, 0.3) is 0 Å². The lowest BCUT2D eigenvalue weighted by atomic mass is 9.53. The summed E-state index contributed by atoms with van der Waals surface area (Å²) in [6.07, 6.45) is 6.95. The number of hydrogen-bond acceptors (Lipinski definition) is 5. The molecule has 1 aromatic heterocycles. The van der Waals surface area contributed by atoms with E-state index in [0.29, 0.717) is 18.4 Å². The van der Waals surface area contributed by atoms with Crippen molar-refractivity contribution in [3.05, 3.63) is 65.5 Å². The van der Waals surface area contributed by atoms with E-state index in [1.165, 1.54) is 11.1 Å². The molecule has 2 bridgehead atoms. The van der Waals surface area contributed by atoms with Gasteiger partial charge >= 0.3 is 5.97 Å². The number of nitrogens with zero attached hydrogens (tertiary/aromatic N) is 2. The molecular formula is C32H41N3O3. The normalized spacial score (nSPS) is 28.0. The number of aromatic nitrogens is 2. The number of ether oxygens (including phenoxy) is 2. The summed E-state index contributed by atoms with van der Waals surface area (Å²) in [6.45, 7) is 6.49. The van der Waals surface area contributed by atoms with E-state index in [1.807, 2.05) is 26.0 Å². The molecule has 6 nitrogen and oxygen atoms in total. The molecule has 1 aliphatic heterocycles. The zero-order chi connectivity index (χ0) is 26.3. The summed E-state index contributed by atoms with van der Waals surface area (Å²) < 4.78 is 13.1.